The van der Waals surface area contributed by atoms with Crippen molar-refractivity contribution in [2.45, 2.75) is 25.8 Å². The van der Waals surface area contributed by atoms with Gasteiger partial charge in [0.2, 0.25) is 5.91 Å². The van der Waals surface area contributed by atoms with E-state index >= 15 is 0 Å². The first-order valence-electron chi connectivity index (χ1n) is 9.25. The van der Waals surface area contributed by atoms with Crippen LogP contribution in [0.1, 0.15) is 24.1 Å². The number of anilines is 1. The molecule has 1 saturated heterocycles. The van der Waals surface area contributed by atoms with Crippen LogP contribution in [0, 0.1) is 12.3 Å². The van der Waals surface area contributed by atoms with E-state index in [2.05, 4.69) is 27.1 Å². The van der Waals surface area contributed by atoms with Crippen molar-refractivity contribution in [3.05, 3.63) is 17.3 Å². The maximum absolute atomic E-state index is 12.6. The summed E-state index contributed by atoms with van der Waals surface area (Å²) in [7, 11) is 1.93. The lowest BCUT2D eigenvalue weighted by Gasteiger charge is -2.30. The molecule has 7 nitrogen and oxygen atoms in total. The largest absolute Gasteiger partial charge is 0.380 e. The summed E-state index contributed by atoms with van der Waals surface area (Å²) in [5.74, 6) is 3.63. The topological polar surface area (TPSA) is 61.8 Å². The van der Waals surface area contributed by atoms with Gasteiger partial charge in [-0.3, -0.25) is 9.69 Å². The summed E-state index contributed by atoms with van der Waals surface area (Å²) in [5, 5.41) is 8.82. The quantitative estimate of drug-likeness (QED) is 0.717. The lowest BCUT2D eigenvalue weighted by Crippen LogP contribution is -2.42. The highest BCUT2D eigenvalue weighted by molar-refractivity contribution is 5.78. The van der Waals surface area contributed by atoms with Crippen LogP contribution in [0.5, 0.6) is 0 Å². The molecule has 0 N–H and O–H groups in total. The molecule has 0 radical (unpaired) electrons. The Morgan fingerprint density at radius 2 is 2.23 bits per heavy atom. The molecule has 1 amide bonds. The molecule has 2 aliphatic heterocycles. The third-order valence-corrected chi connectivity index (χ3v) is 4.87. The van der Waals surface area contributed by atoms with Crippen LogP contribution in [0.15, 0.2) is 6.07 Å². The zero-order chi connectivity index (χ0) is 18.4. The fourth-order valence-corrected chi connectivity index (χ4v) is 3.32. The zero-order valence-electron chi connectivity index (χ0n) is 15.5. The number of amides is 1. The first-order chi connectivity index (χ1) is 12.7. The Kier molecular flexibility index (Phi) is 6.42. The molecule has 3 rings (SSSR count). The summed E-state index contributed by atoms with van der Waals surface area (Å²) in [6, 6.07) is 2.09. The average Bonchev–Trinajstić information content (AvgIpc) is 2.95. The van der Waals surface area contributed by atoms with Gasteiger partial charge >= 0.3 is 0 Å². The summed E-state index contributed by atoms with van der Waals surface area (Å²) in [6.45, 7) is 5.69. The van der Waals surface area contributed by atoms with E-state index in [0.29, 0.717) is 32.7 Å². The molecule has 26 heavy (non-hydrogen) atoms. The van der Waals surface area contributed by atoms with Crippen LogP contribution in [0.25, 0.3) is 0 Å². The number of rotatable bonds is 5. The molecule has 0 aliphatic carbocycles. The van der Waals surface area contributed by atoms with Gasteiger partial charge in [-0.05, 0) is 25.1 Å². The number of nitrogens with zero attached hydrogens (tertiary/aromatic N) is 5. The fraction of sp³-hybridized carbons (Fsp3) is 0.632. The minimum Gasteiger partial charge on any atom is -0.380 e. The Balaban J connectivity index is 1.64. The summed E-state index contributed by atoms with van der Waals surface area (Å²) >= 11 is 0. The molecule has 0 bridgehead atoms. The van der Waals surface area contributed by atoms with E-state index in [0.717, 1.165) is 56.2 Å². The molecule has 7 heteroatoms. The van der Waals surface area contributed by atoms with Crippen LogP contribution in [-0.4, -0.2) is 78.9 Å². The average molecular weight is 357 g/mol. The molecule has 2 aliphatic rings. The standard InChI is InChI=1S/C19H27N5O2/c1-3-4-7-22(2)15-19(25)24-9-6-17-16(14-24)13-18(21-20-17)23-8-5-11-26-12-10-23/h1,13H,4-12,14-15H2,2H3. The Morgan fingerprint density at radius 1 is 1.35 bits per heavy atom. The van der Waals surface area contributed by atoms with Crippen molar-refractivity contribution in [1.82, 2.24) is 20.0 Å². The number of hydrogen-bond donors (Lipinski definition) is 0. The highest BCUT2D eigenvalue weighted by atomic mass is 16.5. The van der Waals surface area contributed by atoms with Crippen LogP contribution in [0.4, 0.5) is 5.82 Å². The van der Waals surface area contributed by atoms with Gasteiger partial charge in [0, 0.05) is 52.2 Å². The van der Waals surface area contributed by atoms with Gasteiger partial charge in [-0.15, -0.1) is 17.4 Å². The molecule has 140 valence electrons. The van der Waals surface area contributed by atoms with Gasteiger partial charge in [0.1, 0.15) is 0 Å². The number of ether oxygens (including phenoxy) is 1. The second kappa shape index (κ2) is 8.97. The highest BCUT2D eigenvalue weighted by Gasteiger charge is 2.24. The normalized spacial score (nSPS) is 17.6. The number of fused-ring (bicyclic) bond motifs is 1. The van der Waals surface area contributed by atoms with Gasteiger partial charge < -0.3 is 14.5 Å². The van der Waals surface area contributed by atoms with Crippen molar-refractivity contribution < 1.29 is 9.53 Å². The monoisotopic (exact) mass is 357 g/mol. The molecule has 0 spiro atoms. The van der Waals surface area contributed by atoms with Gasteiger partial charge in [0.15, 0.2) is 5.82 Å². The third kappa shape index (κ3) is 4.71. The van der Waals surface area contributed by atoms with Gasteiger partial charge in [-0.1, -0.05) is 0 Å². The van der Waals surface area contributed by atoms with Crippen LogP contribution >= 0.6 is 0 Å². The lowest BCUT2D eigenvalue weighted by atomic mass is 10.1. The molecule has 0 aromatic carbocycles. The van der Waals surface area contributed by atoms with E-state index in [1.54, 1.807) is 0 Å². The van der Waals surface area contributed by atoms with E-state index in [1.165, 1.54) is 0 Å². The third-order valence-electron chi connectivity index (χ3n) is 4.87. The Bertz CT molecular complexity index is 664. The van der Waals surface area contributed by atoms with Gasteiger partial charge in [0.25, 0.3) is 0 Å². The van der Waals surface area contributed by atoms with Crippen LogP contribution in [0.2, 0.25) is 0 Å². The maximum Gasteiger partial charge on any atom is 0.237 e. The number of terminal acetylenes is 1. The zero-order valence-corrected chi connectivity index (χ0v) is 15.5. The molecule has 3 heterocycles. The molecular formula is C19H27N5O2. The summed E-state index contributed by atoms with van der Waals surface area (Å²) in [6.07, 6.45) is 7.70. The molecule has 1 aromatic heterocycles. The number of hydrogen-bond acceptors (Lipinski definition) is 6. The number of aromatic nitrogens is 2. The van der Waals surface area contributed by atoms with Crippen LogP contribution in [-0.2, 0) is 22.5 Å². The van der Waals surface area contributed by atoms with E-state index in [-0.39, 0.29) is 5.91 Å². The first-order valence-corrected chi connectivity index (χ1v) is 9.25. The Morgan fingerprint density at radius 3 is 3.08 bits per heavy atom. The molecular weight excluding hydrogens is 330 g/mol. The Hall–Kier alpha value is -2.17. The molecule has 1 aromatic rings. The summed E-state index contributed by atoms with van der Waals surface area (Å²) < 4.78 is 5.51. The van der Waals surface area contributed by atoms with Crippen molar-refractivity contribution in [2.75, 3.05) is 57.9 Å². The van der Waals surface area contributed by atoms with Crippen molar-refractivity contribution >= 4 is 11.7 Å². The predicted molar refractivity (Wildman–Crippen MR) is 99.7 cm³/mol. The van der Waals surface area contributed by atoms with Crippen molar-refractivity contribution in [2.24, 2.45) is 0 Å². The maximum atomic E-state index is 12.6. The van der Waals surface area contributed by atoms with E-state index in [4.69, 9.17) is 11.2 Å². The molecule has 0 atom stereocenters. The summed E-state index contributed by atoms with van der Waals surface area (Å²) in [4.78, 5) is 18.7. The van der Waals surface area contributed by atoms with Crippen LogP contribution < -0.4 is 4.90 Å². The van der Waals surface area contributed by atoms with E-state index in [9.17, 15) is 4.79 Å². The minimum absolute atomic E-state index is 0.136. The van der Waals surface area contributed by atoms with Crippen molar-refractivity contribution in [3.8, 4) is 12.3 Å². The fourth-order valence-electron chi connectivity index (χ4n) is 3.32. The summed E-state index contributed by atoms with van der Waals surface area (Å²) in [5.41, 5.74) is 2.11. The first kappa shape index (κ1) is 18.6. The minimum atomic E-state index is 0.136. The van der Waals surface area contributed by atoms with Gasteiger partial charge in [-0.2, -0.15) is 5.10 Å². The van der Waals surface area contributed by atoms with Gasteiger partial charge in [-0.25, -0.2) is 0 Å². The number of likely N-dealkylation sites (N-methyl/N-ethyl adjacent to an activating group) is 1. The predicted octanol–water partition coefficient (Wildman–Crippen LogP) is 0.543. The van der Waals surface area contributed by atoms with E-state index < -0.39 is 0 Å². The number of carbonyl (C=O) groups excluding carboxylic acids is 1. The van der Waals surface area contributed by atoms with Crippen molar-refractivity contribution in [1.29, 1.82) is 0 Å². The molecule has 1 fully saturated rings. The second-order valence-corrected chi connectivity index (χ2v) is 6.88. The van der Waals surface area contributed by atoms with Gasteiger partial charge in [0.05, 0.1) is 18.8 Å². The molecule has 0 saturated carbocycles. The second-order valence-electron chi connectivity index (χ2n) is 6.88. The van der Waals surface area contributed by atoms with Crippen molar-refractivity contribution in [3.63, 3.8) is 0 Å². The Labute approximate surface area is 155 Å². The lowest BCUT2D eigenvalue weighted by molar-refractivity contribution is -0.133. The SMILES string of the molecule is C#CCCN(C)CC(=O)N1CCc2nnc(N3CCCOCC3)cc2C1. The smallest absolute Gasteiger partial charge is 0.237 e. The highest BCUT2D eigenvalue weighted by Crippen LogP contribution is 2.21. The number of carbonyl (C=O) groups is 1. The van der Waals surface area contributed by atoms with E-state index in [1.807, 2.05) is 16.8 Å². The van der Waals surface area contributed by atoms with Crippen LogP contribution in [0.3, 0.4) is 0 Å². The molecule has 0 unspecified atom stereocenters.